The van der Waals surface area contributed by atoms with Gasteiger partial charge in [0.15, 0.2) is 11.6 Å². The summed E-state index contributed by atoms with van der Waals surface area (Å²) in [6, 6.07) is 10.8. The molecule has 0 fully saturated rings. The van der Waals surface area contributed by atoms with Crippen LogP contribution in [0.2, 0.25) is 0 Å². The summed E-state index contributed by atoms with van der Waals surface area (Å²) in [5, 5.41) is 0. The van der Waals surface area contributed by atoms with Gasteiger partial charge in [-0.25, -0.2) is 0 Å². The van der Waals surface area contributed by atoms with Crippen LogP contribution in [0, 0.1) is 0 Å². The SMILES string of the molecule is CCC(=O)c1ccc(-c2ccc(C(=O)CC)cc2OC)c(OC)c1. The number of rotatable bonds is 7. The van der Waals surface area contributed by atoms with Crippen LogP contribution in [0.3, 0.4) is 0 Å². The van der Waals surface area contributed by atoms with Gasteiger partial charge in [-0.05, 0) is 24.3 Å². The van der Waals surface area contributed by atoms with Gasteiger partial charge in [0.1, 0.15) is 11.5 Å². The maximum Gasteiger partial charge on any atom is 0.162 e. The van der Waals surface area contributed by atoms with E-state index in [1.807, 2.05) is 26.0 Å². The van der Waals surface area contributed by atoms with Gasteiger partial charge >= 0.3 is 0 Å². The number of hydrogen-bond acceptors (Lipinski definition) is 4. The van der Waals surface area contributed by atoms with Gasteiger partial charge in [0.25, 0.3) is 0 Å². The van der Waals surface area contributed by atoms with Crippen LogP contribution in [-0.4, -0.2) is 25.8 Å². The molecule has 0 saturated heterocycles. The van der Waals surface area contributed by atoms with E-state index in [-0.39, 0.29) is 11.6 Å². The molecule has 4 nitrogen and oxygen atoms in total. The number of Topliss-reactive ketones (excluding diaryl/α,β-unsaturated/α-hetero) is 2. The van der Waals surface area contributed by atoms with Crippen LogP contribution < -0.4 is 9.47 Å². The number of carbonyl (C=O) groups is 2. The van der Waals surface area contributed by atoms with Crippen molar-refractivity contribution in [2.45, 2.75) is 26.7 Å². The van der Waals surface area contributed by atoms with Crippen molar-refractivity contribution < 1.29 is 19.1 Å². The van der Waals surface area contributed by atoms with Crippen LogP contribution in [0.5, 0.6) is 11.5 Å². The average molecular weight is 326 g/mol. The number of methoxy groups -OCH3 is 2. The Labute approximate surface area is 142 Å². The van der Waals surface area contributed by atoms with Gasteiger partial charge in [0.05, 0.1) is 14.2 Å². The second-order valence-corrected chi connectivity index (χ2v) is 5.38. The summed E-state index contributed by atoms with van der Waals surface area (Å²) in [5.41, 5.74) is 2.87. The average Bonchev–Trinajstić information content (AvgIpc) is 2.65. The first-order chi connectivity index (χ1) is 11.5. The highest BCUT2D eigenvalue weighted by atomic mass is 16.5. The maximum atomic E-state index is 11.9. The second kappa shape index (κ2) is 7.77. The van der Waals surface area contributed by atoms with Crippen molar-refractivity contribution in [2.75, 3.05) is 14.2 Å². The van der Waals surface area contributed by atoms with E-state index in [2.05, 4.69) is 0 Å². The molecule has 2 aromatic carbocycles. The fourth-order valence-electron chi connectivity index (χ4n) is 2.58. The summed E-state index contributed by atoms with van der Waals surface area (Å²) >= 11 is 0. The molecule has 0 unspecified atom stereocenters. The molecule has 2 rings (SSSR count). The zero-order valence-corrected chi connectivity index (χ0v) is 14.5. The van der Waals surface area contributed by atoms with Crippen LogP contribution in [0.1, 0.15) is 47.4 Å². The van der Waals surface area contributed by atoms with E-state index < -0.39 is 0 Å². The number of benzene rings is 2. The molecule has 0 aliphatic heterocycles. The molecule has 0 aromatic heterocycles. The van der Waals surface area contributed by atoms with Crippen LogP contribution >= 0.6 is 0 Å². The number of carbonyl (C=O) groups excluding carboxylic acids is 2. The van der Waals surface area contributed by atoms with E-state index in [1.165, 1.54) is 0 Å². The summed E-state index contributed by atoms with van der Waals surface area (Å²) in [4.78, 5) is 23.8. The lowest BCUT2D eigenvalue weighted by atomic mass is 9.97. The van der Waals surface area contributed by atoms with Crippen molar-refractivity contribution in [1.29, 1.82) is 0 Å². The predicted octanol–water partition coefficient (Wildman–Crippen LogP) is 4.56. The fourth-order valence-corrected chi connectivity index (χ4v) is 2.58. The van der Waals surface area contributed by atoms with Gasteiger partial charge in [-0.1, -0.05) is 26.0 Å². The largest absolute Gasteiger partial charge is 0.496 e. The van der Waals surface area contributed by atoms with E-state index in [1.54, 1.807) is 38.5 Å². The molecular weight excluding hydrogens is 304 g/mol. The molecule has 0 spiro atoms. The number of ether oxygens (including phenoxy) is 2. The zero-order chi connectivity index (χ0) is 17.7. The molecule has 2 aromatic rings. The minimum Gasteiger partial charge on any atom is -0.496 e. The van der Waals surface area contributed by atoms with Crippen molar-refractivity contribution in [3.63, 3.8) is 0 Å². The van der Waals surface area contributed by atoms with Gasteiger partial charge in [0.2, 0.25) is 0 Å². The van der Waals surface area contributed by atoms with Gasteiger partial charge < -0.3 is 9.47 Å². The maximum absolute atomic E-state index is 11.9. The van der Waals surface area contributed by atoms with Crippen LogP contribution in [0.15, 0.2) is 36.4 Å². The molecule has 126 valence electrons. The summed E-state index contributed by atoms with van der Waals surface area (Å²) < 4.78 is 10.9. The Hall–Kier alpha value is -2.62. The first-order valence-electron chi connectivity index (χ1n) is 7.98. The van der Waals surface area contributed by atoms with Crippen LogP contribution in [0.4, 0.5) is 0 Å². The van der Waals surface area contributed by atoms with Crippen molar-refractivity contribution in [3.05, 3.63) is 47.5 Å². The first kappa shape index (κ1) is 17.7. The highest BCUT2D eigenvalue weighted by Crippen LogP contribution is 2.37. The summed E-state index contributed by atoms with van der Waals surface area (Å²) in [6.07, 6.45) is 0.888. The predicted molar refractivity (Wildman–Crippen MR) is 94.2 cm³/mol. The van der Waals surface area contributed by atoms with Crippen molar-refractivity contribution in [1.82, 2.24) is 0 Å². The van der Waals surface area contributed by atoms with E-state index in [0.717, 1.165) is 11.1 Å². The molecule has 0 radical (unpaired) electrons. The summed E-state index contributed by atoms with van der Waals surface area (Å²) in [6.45, 7) is 3.66. The lowest BCUT2D eigenvalue weighted by Crippen LogP contribution is -2.00. The Balaban J connectivity index is 2.55. The molecule has 24 heavy (non-hydrogen) atoms. The van der Waals surface area contributed by atoms with Gasteiger partial charge in [0, 0.05) is 35.1 Å². The molecule has 0 aliphatic rings. The summed E-state index contributed by atoms with van der Waals surface area (Å²) in [5.74, 6) is 1.33. The third-order valence-corrected chi connectivity index (χ3v) is 3.98. The normalized spacial score (nSPS) is 10.3. The molecule has 0 heterocycles. The standard InChI is InChI=1S/C20H22O4/c1-5-17(21)13-7-9-15(19(11-13)23-3)16-10-8-14(18(22)6-2)12-20(16)24-4/h7-12H,5-6H2,1-4H3. The molecule has 0 N–H and O–H groups in total. The lowest BCUT2D eigenvalue weighted by molar-refractivity contribution is 0.0980. The highest BCUT2D eigenvalue weighted by molar-refractivity contribution is 5.98. The minimum absolute atomic E-state index is 0.0655. The van der Waals surface area contributed by atoms with E-state index in [0.29, 0.717) is 35.5 Å². The van der Waals surface area contributed by atoms with Crippen molar-refractivity contribution >= 4 is 11.6 Å². The molecule has 4 heteroatoms. The van der Waals surface area contributed by atoms with Crippen LogP contribution in [-0.2, 0) is 0 Å². The van der Waals surface area contributed by atoms with Gasteiger partial charge in [-0.15, -0.1) is 0 Å². The minimum atomic E-state index is 0.0655. The summed E-state index contributed by atoms with van der Waals surface area (Å²) in [7, 11) is 3.14. The topological polar surface area (TPSA) is 52.6 Å². The third-order valence-electron chi connectivity index (χ3n) is 3.98. The Morgan fingerprint density at radius 1 is 0.750 bits per heavy atom. The monoisotopic (exact) mass is 326 g/mol. The molecule has 0 saturated carbocycles. The van der Waals surface area contributed by atoms with Crippen molar-refractivity contribution in [3.8, 4) is 22.6 Å². The fraction of sp³-hybridized carbons (Fsp3) is 0.300. The molecular formula is C20H22O4. The number of hydrogen-bond donors (Lipinski definition) is 0. The van der Waals surface area contributed by atoms with Crippen LogP contribution in [0.25, 0.3) is 11.1 Å². The van der Waals surface area contributed by atoms with Gasteiger partial charge in [-0.3, -0.25) is 9.59 Å². The Bertz CT molecular complexity index is 697. The quantitative estimate of drug-likeness (QED) is 0.700. The highest BCUT2D eigenvalue weighted by Gasteiger charge is 2.15. The van der Waals surface area contributed by atoms with E-state index >= 15 is 0 Å². The Morgan fingerprint density at radius 3 is 1.42 bits per heavy atom. The number of ketones is 2. The molecule has 0 atom stereocenters. The molecule has 0 amide bonds. The van der Waals surface area contributed by atoms with Gasteiger partial charge in [-0.2, -0.15) is 0 Å². The second-order valence-electron chi connectivity index (χ2n) is 5.38. The van der Waals surface area contributed by atoms with Crippen molar-refractivity contribution in [2.24, 2.45) is 0 Å². The van der Waals surface area contributed by atoms with E-state index in [9.17, 15) is 9.59 Å². The zero-order valence-electron chi connectivity index (χ0n) is 14.5. The molecule has 0 aliphatic carbocycles. The lowest BCUT2D eigenvalue weighted by Gasteiger charge is -2.14. The first-order valence-corrected chi connectivity index (χ1v) is 7.98. The Kier molecular flexibility index (Phi) is 5.74. The third kappa shape index (κ3) is 3.48. The smallest absolute Gasteiger partial charge is 0.162 e. The van der Waals surface area contributed by atoms with E-state index in [4.69, 9.17) is 9.47 Å². The molecule has 0 bridgehead atoms. The Morgan fingerprint density at radius 2 is 1.12 bits per heavy atom.